The number of benzene rings is 1. The van der Waals surface area contributed by atoms with E-state index in [1.54, 1.807) is 30.7 Å². The fourth-order valence-electron chi connectivity index (χ4n) is 6.51. The van der Waals surface area contributed by atoms with Gasteiger partial charge in [0.25, 0.3) is 5.56 Å². The van der Waals surface area contributed by atoms with Gasteiger partial charge in [-0.15, -0.1) is 0 Å². The maximum atomic E-state index is 13.6. The van der Waals surface area contributed by atoms with Crippen molar-refractivity contribution in [3.63, 3.8) is 0 Å². The van der Waals surface area contributed by atoms with Crippen LogP contribution in [0.4, 0.5) is 11.4 Å². The van der Waals surface area contributed by atoms with Gasteiger partial charge in [0.1, 0.15) is 0 Å². The Kier molecular flexibility index (Phi) is 5.87. The molecule has 1 aromatic carbocycles. The average Bonchev–Trinajstić information content (AvgIpc) is 3.40. The second-order valence-corrected chi connectivity index (χ2v) is 10.1. The topological polar surface area (TPSA) is 120 Å². The quantitative estimate of drug-likeness (QED) is 0.348. The number of nitrogens with zero attached hydrogens (tertiary/aromatic N) is 4. The van der Waals surface area contributed by atoms with Gasteiger partial charge >= 0.3 is 0 Å². The van der Waals surface area contributed by atoms with E-state index in [-0.39, 0.29) is 40.9 Å². The standard InChI is InChI=1S/C26H30N6O4/c33-24-4-1-3-22-18-11-19(15-30(22)24)25-21(26(34)28-7-2-9-29-10-8-27-16-29)13-17-12-20(32(35)36)5-6-23(17)31(25)14-18/h1,3-6,8,10,12,16,18-19,21,25,32,35H,2,7,9,11,13-15H2,(H,28,34). The molecule has 1 saturated heterocycles. The molecule has 2 bridgehead atoms. The van der Waals surface area contributed by atoms with Crippen LogP contribution in [0.2, 0.25) is 0 Å². The summed E-state index contributed by atoms with van der Waals surface area (Å²) in [5.41, 5.74) is 3.21. The molecule has 10 heteroatoms. The van der Waals surface area contributed by atoms with Crippen molar-refractivity contribution in [1.29, 1.82) is 0 Å². The molecule has 36 heavy (non-hydrogen) atoms. The van der Waals surface area contributed by atoms with Gasteiger partial charge in [0.05, 0.1) is 12.2 Å². The summed E-state index contributed by atoms with van der Waals surface area (Å²) in [5, 5.41) is 23.4. The molecule has 0 radical (unpaired) electrons. The van der Waals surface area contributed by atoms with E-state index in [0.717, 1.165) is 36.3 Å². The van der Waals surface area contributed by atoms with Gasteiger partial charge in [0, 0.05) is 80.1 Å². The Hall–Kier alpha value is -3.47. The molecule has 5 heterocycles. The van der Waals surface area contributed by atoms with E-state index < -0.39 is 5.23 Å². The lowest BCUT2D eigenvalue weighted by molar-refractivity contribution is -0.991. The molecule has 188 valence electrons. The van der Waals surface area contributed by atoms with E-state index in [1.807, 2.05) is 33.5 Å². The summed E-state index contributed by atoms with van der Waals surface area (Å²) in [6.07, 6.45) is 7.62. The zero-order valence-electron chi connectivity index (χ0n) is 19.9. The number of amides is 1. The highest BCUT2D eigenvalue weighted by molar-refractivity contribution is 5.82. The van der Waals surface area contributed by atoms with Crippen molar-refractivity contribution in [2.24, 2.45) is 11.8 Å². The van der Waals surface area contributed by atoms with E-state index in [4.69, 9.17) is 0 Å². The molecule has 3 aliphatic rings. The molecular formula is C26H30N6O4. The highest BCUT2D eigenvalue weighted by Crippen LogP contribution is 2.47. The summed E-state index contributed by atoms with van der Waals surface area (Å²) < 4.78 is 3.87. The Morgan fingerprint density at radius 2 is 2.14 bits per heavy atom. The number of nitrogens with one attached hydrogen (secondary N) is 2. The summed E-state index contributed by atoms with van der Waals surface area (Å²) in [5.74, 6) is 0.0246. The van der Waals surface area contributed by atoms with Crippen molar-refractivity contribution in [2.75, 3.05) is 18.0 Å². The Bertz CT molecular complexity index is 1320. The lowest BCUT2D eigenvalue weighted by atomic mass is 9.70. The number of carbonyl (C=O) groups excluding carboxylic acids is 1. The number of pyridine rings is 1. The Labute approximate surface area is 208 Å². The lowest BCUT2D eigenvalue weighted by Crippen LogP contribution is -2.99. The fraction of sp³-hybridized carbons (Fsp3) is 0.423. The van der Waals surface area contributed by atoms with E-state index in [1.165, 1.54) is 0 Å². The smallest absolute Gasteiger partial charge is 0.250 e. The van der Waals surface area contributed by atoms with Crippen LogP contribution in [0.3, 0.4) is 0 Å². The highest BCUT2D eigenvalue weighted by atomic mass is 16.8. The van der Waals surface area contributed by atoms with E-state index in [9.17, 15) is 20.0 Å². The lowest BCUT2D eigenvalue weighted by Gasteiger charge is -2.54. The minimum atomic E-state index is -0.968. The van der Waals surface area contributed by atoms with Crippen LogP contribution in [0.1, 0.15) is 30.0 Å². The van der Waals surface area contributed by atoms with Crippen molar-refractivity contribution in [2.45, 2.75) is 44.3 Å². The maximum Gasteiger partial charge on any atom is 0.250 e. The van der Waals surface area contributed by atoms with E-state index in [2.05, 4.69) is 15.2 Å². The van der Waals surface area contributed by atoms with Crippen LogP contribution in [0.15, 0.2) is 59.9 Å². The highest BCUT2D eigenvalue weighted by Gasteiger charge is 2.49. The molecule has 1 fully saturated rings. The van der Waals surface area contributed by atoms with Gasteiger partial charge in [-0.1, -0.05) is 6.07 Å². The Morgan fingerprint density at radius 3 is 2.94 bits per heavy atom. The molecule has 0 aliphatic carbocycles. The molecule has 10 nitrogen and oxygen atoms in total. The van der Waals surface area contributed by atoms with Crippen LogP contribution in [0, 0.1) is 17.0 Å². The summed E-state index contributed by atoms with van der Waals surface area (Å²) in [7, 11) is 0. The largest absolute Gasteiger partial charge is 0.595 e. The van der Waals surface area contributed by atoms with Crippen LogP contribution in [-0.2, 0) is 24.3 Å². The van der Waals surface area contributed by atoms with Gasteiger partial charge < -0.3 is 24.6 Å². The van der Waals surface area contributed by atoms with Crippen LogP contribution < -0.4 is 21.0 Å². The van der Waals surface area contributed by atoms with Gasteiger partial charge in [-0.3, -0.25) is 9.59 Å². The first-order valence-corrected chi connectivity index (χ1v) is 12.6. The Morgan fingerprint density at radius 1 is 1.25 bits per heavy atom. The van der Waals surface area contributed by atoms with Gasteiger partial charge in [-0.05, 0) is 42.9 Å². The molecule has 6 rings (SSSR count). The summed E-state index contributed by atoms with van der Waals surface area (Å²) in [4.78, 5) is 32.6. The number of fused-ring (bicyclic) bond motifs is 8. The predicted molar refractivity (Wildman–Crippen MR) is 132 cm³/mol. The maximum absolute atomic E-state index is 13.6. The van der Waals surface area contributed by atoms with Gasteiger partial charge in [-0.2, -0.15) is 5.23 Å². The van der Waals surface area contributed by atoms with Crippen molar-refractivity contribution in [1.82, 2.24) is 19.4 Å². The number of imidazole rings is 1. The third kappa shape index (κ3) is 4.01. The van der Waals surface area contributed by atoms with Gasteiger partial charge in [0.15, 0.2) is 5.69 Å². The van der Waals surface area contributed by atoms with Crippen molar-refractivity contribution in [3.8, 4) is 0 Å². The van der Waals surface area contributed by atoms with Crippen molar-refractivity contribution < 1.29 is 15.2 Å². The number of aryl methyl sites for hydroxylation is 1. The number of carbonyl (C=O) groups is 1. The molecule has 3 aromatic rings. The summed E-state index contributed by atoms with van der Waals surface area (Å²) >= 11 is 0. The summed E-state index contributed by atoms with van der Waals surface area (Å²) in [6, 6.07) is 10.7. The number of aromatic nitrogens is 3. The minimum absolute atomic E-state index is 0.00772. The summed E-state index contributed by atoms with van der Waals surface area (Å²) in [6.45, 7) is 2.63. The zero-order chi connectivity index (χ0) is 24.8. The molecule has 1 amide bonds. The third-order valence-electron chi connectivity index (χ3n) is 8.04. The average molecular weight is 491 g/mol. The van der Waals surface area contributed by atoms with Gasteiger partial charge in [-0.25, -0.2) is 10.2 Å². The normalized spacial score (nSPS) is 24.9. The van der Waals surface area contributed by atoms with Crippen LogP contribution in [-0.4, -0.2) is 44.4 Å². The minimum Gasteiger partial charge on any atom is -0.595 e. The number of quaternary nitrogens is 1. The molecule has 2 aromatic heterocycles. The van der Waals surface area contributed by atoms with Gasteiger partial charge in [0.2, 0.25) is 5.91 Å². The zero-order valence-corrected chi connectivity index (χ0v) is 19.9. The molecule has 0 spiro atoms. The van der Waals surface area contributed by atoms with E-state index >= 15 is 0 Å². The first kappa shape index (κ1) is 23.0. The number of rotatable bonds is 6. The van der Waals surface area contributed by atoms with Crippen molar-refractivity contribution in [3.05, 3.63) is 81.9 Å². The second kappa shape index (κ2) is 9.20. The number of hydrogen-bond donors (Lipinski definition) is 3. The SMILES string of the molecule is O=C(NCCCn1ccnc1)C1Cc2cc([NH+]([O-])O)ccc2N2CC3CC(Cn4c3cccc4=O)C12. The molecule has 0 saturated carbocycles. The number of hydrogen-bond acceptors (Lipinski definition) is 6. The second-order valence-electron chi connectivity index (χ2n) is 10.1. The molecular weight excluding hydrogens is 460 g/mol. The van der Waals surface area contributed by atoms with Crippen LogP contribution in [0.25, 0.3) is 0 Å². The first-order chi connectivity index (χ1) is 17.5. The predicted octanol–water partition coefficient (Wildman–Crippen LogP) is 0.819. The molecule has 3 N–H and O–H groups in total. The number of anilines is 1. The van der Waals surface area contributed by atoms with Crippen LogP contribution in [0.5, 0.6) is 0 Å². The van der Waals surface area contributed by atoms with Crippen molar-refractivity contribution >= 4 is 17.3 Å². The molecule has 5 atom stereocenters. The first-order valence-electron chi connectivity index (χ1n) is 12.6. The molecule has 3 aliphatic heterocycles. The number of piperidine rings is 1. The molecule has 5 unspecified atom stereocenters. The monoisotopic (exact) mass is 490 g/mol. The fourth-order valence-corrected chi connectivity index (χ4v) is 6.51. The van der Waals surface area contributed by atoms with Crippen LogP contribution >= 0.6 is 0 Å². The third-order valence-corrected chi connectivity index (χ3v) is 8.04. The Balaban J connectivity index is 1.30. The van der Waals surface area contributed by atoms with E-state index in [0.29, 0.717) is 26.1 Å².